The molecule has 3 saturated carbocycles. The zero-order chi connectivity index (χ0) is 33.1. The molecule has 45 heavy (non-hydrogen) atoms. The minimum atomic E-state index is -1.34. The highest BCUT2D eigenvalue weighted by Gasteiger charge is 2.72. The number of hydrogen-bond acceptors (Lipinski definition) is 10. The molecule has 0 bridgehead atoms. The first-order valence-corrected chi connectivity index (χ1v) is 17.3. The summed E-state index contributed by atoms with van der Waals surface area (Å²) in [6, 6.07) is 0. The van der Waals surface area contributed by atoms with Crippen molar-refractivity contribution < 1.29 is 49.6 Å². The van der Waals surface area contributed by atoms with Gasteiger partial charge in [0.15, 0.2) is 6.29 Å². The third-order valence-corrected chi connectivity index (χ3v) is 13.5. The van der Waals surface area contributed by atoms with E-state index in [-0.39, 0.29) is 49.4 Å². The van der Waals surface area contributed by atoms with E-state index in [9.17, 15) is 30.6 Å². The predicted octanol–water partition coefficient (Wildman–Crippen LogP) is 2.41. The van der Waals surface area contributed by atoms with Gasteiger partial charge in [0.05, 0.1) is 36.6 Å². The molecule has 0 spiro atoms. The second kappa shape index (κ2) is 13.3. The molecule has 10 heteroatoms. The molecule has 6 N–H and O–H groups in total. The molecule has 10 nitrogen and oxygen atoms in total. The van der Waals surface area contributed by atoms with E-state index in [0.717, 1.165) is 31.3 Å². The minimum absolute atomic E-state index is 0.0660. The van der Waals surface area contributed by atoms with Gasteiger partial charge in [0.2, 0.25) is 0 Å². The Bertz CT molecular complexity index is 1060. The summed E-state index contributed by atoms with van der Waals surface area (Å²) in [4.78, 5) is 0. The Labute approximate surface area is 269 Å². The fourth-order valence-corrected chi connectivity index (χ4v) is 10.8. The lowest BCUT2D eigenvalue weighted by Crippen LogP contribution is -2.66. The topological polar surface area (TPSA) is 158 Å². The van der Waals surface area contributed by atoms with Gasteiger partial charge in [-0.1, -0.05) is 53.5 Å². The Balaban J connectivity index is 1.36. The van der Waals surface area contributed by atoms with Crippen LogP contribution in [0.5, 0.6) is 0 Å². The monoisotopic (exact) mass is 640 g/mol. The molecule has 1 saturated heterocycles. The molecule has 5 rings (SSSR count). The van der Waals surface area contributed by atoms with E-state index < -0.39 is 65.3 Å². The summed E-state index contributed by atoms with van der Waals surface area (Å²) in [5.41, 5.74) is -1.47. The first-order chi connectivity index (χ1) is 21.2. The standard InChI is InChI=1S/C35H60O10/c1-18(20(3)16-36)8-9-19(2)26-27(39)28(40)31-34(26,5)13-11-25-33(4)12-10-21(14-22(33)23(37)15-35(25,31)41)45-32-30(43-7)29(42-6)24(38)17-44-32/h14,18-21,23-32,36-41H,8-13,15-17H2,1-7H3/t18-,19+,20?,21?,23?,24+,25+,26-,27?,28?,29-,30+,31+,32-,33-,34+,35-/m0/s1. The van der Waals surface area contributed by atoms with Crippen LogP contribution in [0.3, 0.4) is 0 Å². The molecule has 4 aliphatic carbocycles. The highest BCUT2D eigenvalue weighted by Crippen LogP contribution is 2.69. The van der Waals surface area contributed by atoms with Crippen LogP contribution in [0.2, 0.25) is 0 Å². The summed E-state index contributed by atoms with van der Waals surface area (Å²) in [7, 11) is 3.06. The van der Waals surface area contributed by atoms with Crippen molar-refractivity contribution in [3.05, 3.63) is 11.6 Å². The molecule has 0 amide bonds. The number of aliphatic hydroxyl groups is 6. The van der Waals surface area contributed by atoms with Crippen LogP contribution in [0.4, 0.5) is 0 Å². The molecule has 17 atom stereocenters. The van der Waals surface area contributed by atoms with Crippen molar-refractivity contribution in [1.29, 1.82) is 0 Å². The lowest BCUT2D eigenvalue weighted by molar-refractivity contribution is -0.289. The summed E-state index contributed by atoms with van der Waals surface area (Å²) in [5.74, 6) is -0.246. The van der Waals surface area contributed by atoms with E-state index in [1.807, 2.05) is 6.08 Å². The van der Waals surface area contributed by atoms with Crippen molar-refractivity contribution in [1.82, 2.24) is 0 Å². The molecule has 0 aromatic heterocycles. The molecular weight excluding hydrogens is 580 g/mol. The normalized spacial score (nSPS) is 50.2. The number of hydrogen-bond donors (Lipinski definition) is 6. The third kappa shape index (κ3) is 5.87. The van der Waals surface area contributed by atoms with Gasteiger partial charge < -0.3 is 49.6 Å². The SMILES string of the molecule is CO[C@@H]1[C@@H](OC)[C@H](OC2C=C3C(O)C[C@@]4(O)[C@@H]5C(O)C(O)[C@H]([C@H](C)CC[C@H](C)C(C)CO)[C@@]5(C)CC[C@@H]4[C@@]3(C)CC2)OC[C@H]1O. The fourth-order valence-electron chi connectivity index (χ4n) is 10.8. The molecule has 1 heterocycles. The highest BCUT2D eigenvalue weighted by molar-refractivity contribution is 5.33. The zero-order valence-electron chi connectivity index (χ0n) is 28.3. The zero-order valence-corrected chi connectivity index (χ0v) is 28.3. The Morgan fingerprint density at radius 3 is 2.27 bits per heavy atom. The van der Waals surface area contributed by atoms with Crippen molar-refractivity contribution >= 4 is 0 Å². The lowest BCUT2D eigenvalue weighted by Gasteiger charge is -2.64. The van der Waals surface area contributed by atoms with Gasteiger partial charge in [-0.05, 0) is 71.7 Å². The number of ether oxygens (including phenoxy) is 4. The van der Waals surface area contributed by atoms with Gasteiger partial charge in [-0.15, -0.1) is 0 Å². The van der Waals surface area contributed by atoms with E-state index in [0.29, 0.717) is 18.8 Å². The third-order valence-electron chi connectivity index (χ3n) is 13.5. The van der Waals surface area contributed by atoms with Crippen LogP contribution in [0.25, 0.3) is 0 Å². The molecule has 260 valence electrons. The quantitative estimate of drug-likeness (QED) is 0.196. The van der Waals surface area contributed by atoms with Crippen LogP contribution in [0.1, 0.15) is 79.6 Å². The van der Waals surface area contributed by atoms with Crippen molar-refractivity contribution in [2.45, 2.75) is 134 Å². The van der Waals surface area contributed by atoms with E-state index in [1.165, 1.54) is 14.2 Å². The van der Waals surface area contributed by atoms with Crippen LogP contribution in [-0.2, 0) is 18.9 Å². The predicted molar refractivity (Wildman–Crippen MR) is 167 cm³/mol. The molecule has 0 aromatic rings. The number of fused-ring (bicyclic) bond motifs is 5. The second-order valence-electron chi connectivity index (χ2n) is 15.9. The molecule has 4 fully saturated rings. The van der Waals surface area contributed by atoms with Crippen molar-refractivity contribution in [2.75, 3.05) is 27.4 Å². The van der Waals surface area contributed by atoms with Gasteiger partial charge in [0.1, 0.15) is 18.3 Å². The van der Waals surface area contributed by atoms with Gasteiger partial charge >= 0.3 is 0 Å². The molecular formula is C35H60O10. The number of rotatable bonds is 10. The maximum atomic E-state index is 12.7. The van der Waals surface area contributed by atoms with Crippen LogP contribution < -0.4 is 0 Å². The van der Waals surface area contributed by atoms with E-state index in [1.54, 1.807) is 0 Å². The van der Waals surface area contributed by atoms with E-state index >= 15 is 0 Å². The van der Waals surface area contributed by atoms with Gasteiger partial charge in [-0.25, -0.2) is 0 Å². The molecule has 1 aliphatic heterocycles. The summed E-state index contributed by atoms with van der Waals surface area (Å²) < 4.78 is 23.2. The summed E-state index contributed by atoms with van der Waals surface area (Å²) in [6.45, 7) is 10.8. The molecule has 5 unspecified atom stereocenters. The Morgan fingerprint density at radius 1 is 0.933 bits per heavy atom. The maximum absolute atomic E-state index is 12.7. The van der Waals surface area contributed by atoms with Crippen LogP contribution in [-0.4, -0.2) is 113 Å². The van der Waals surface area contributed by atoms with Crippen molar-refractivity contribution in [2.24, 2.45) is 46.3 Å². The van der Waals surface area contributed by atoms with Gasteiger partial charge in [-0.3, -0.25) is 0 Å². The van der Waals surface area contributed by atoms with Crippen molar-refractivity contribution in [3.8, 4) is 0 Å². The largest absolute Gasteiger partial charge is 0.396 e. The maximum Gasteiger partial charge on any atom is 0.187 e. The van der Waals surface area contributed by atoms with Gasteiger partial charge in [0.25, 0.3) is 0 Å². The van der Waals surface area contributed by atoms with E-state index in [4.69, 9.17) is 18.9 Å². The first kappa shape index (κ1) is 35.6. The molecule has 0 radical (unpaired) electrons. The van der Waals surface area contributed by atoms with Gasteiger partial charge in [0, 0.05) is 33.2 Å². The molecule has 5 aliphatic rings. The van der Waals surface area contributed by atoms with Crippen LogP contribution >= 0.6 is 0 Å². The summed E-state index contributed by atoms with van der Waals surface area (Å²) >= 11 is 0. The molecule has 0 aromatic carbocycles. The lowest BCUT2D eigenvalue weighted by atomic mass is 9.43. The first-order valence-electron chi connectivity index (χ1n) is 17.3. The highest BCUT2D eigenvalue weighted by atomic mass is 16.7. The van der Waals surface area contributed by atoms with Crippen LogP contribution in [0.15, 0.2) is 11.6 Å². The number of aliphatic hydroxyl groups excluding tert-OH is 5. The van der Waals surface area contributed by atoms with E-state index in [2.05, 4.69) is 34.6 Å². The average Bonchev–Trinajstić information content (AvgIpc) is 3.21. The van der Waals surface area contributed by atoms with Crippen LogP contribution in [0, 0.1) is 46.3 Å². The van der Waals surface area contributed by atoms with Gasteiger partial charge in [-0.2, -0.15) is 0 Å². The Morgan fingerprint density at radius 2 is 1.62 bits per heavy atom. The Kier molecular flexibility index (Phi) is 10.6. The second-order valence-corrected chi connectivity index (χ2v) is 15.9. The Hall–Kier alpha value is -0.660. The summed E-state index contributed by atoms with van der Waals surface area (Å²) in [6.07, 6.45) is 0.645. The summed E-state index contributed by atoms with van der Waals surface area (Å²) in [5, 5.41) is 67.5. The minimum Gasteiger partial charge on any atom is -0.396 e. The fraction of sp³-hybridized carbons (Fsp3) is 0.943. The smallest absolute Gasteiger partial charge is 0.187 e. The average molecular weight is 641 g/mol. The van der Waals surface area contributed by atoms with Crippen molar-refractivity contribution in [3.63, 3.8) is 0 Å². The number of methoxy groups -OCH3 is 2.